The molecule has 130 valence electrons. The summed E-state index contributed by atoms with van der Waals surface area (Å²) in [4.78, 5) is 16.4. The molecule has 2 amide bonds. The van der Waals surface area contributed by atoms with Gasteiger partial charge in [0.05, 0.1) is 30.0 Å². The van der Waals surface area contributed by atoms with Gasteiger partial charge in [0, 0.05) is 13.1 Å². The van der Waals surface area contributed by atoms with Crippen LogP contribution in [0.2, 0.25) is 0 Å². The van der Waals surface area contributed by atoms with Gasteiger partial charge in [-0.2, -0.15) is 0 Å². The highest BCUT2D eigenvalue weighted by Crippen LogP contribution is 2.12. The van der Waals surface area contributed by atoms with Crippen molar-refractivity contribution < 1.29 is 9.90 Å². The Morgan fingerprint density at radius 3 is 2.68 bits per heavy atom. The maximum Gasteiger partial charge on any atom is 0.315 e. The van der Waals surface area contributed by atoms with Crippen molar-refractivity contribution in [3.63, 3.8) is 0 Å². The second kappa shape index (κ2) is 8.30. The lowest BCUT2D eigenvalue weighted by atomic mass is 10.1. The van der Waals surface area contributed by atoms with Crippen molar-refractivity contribution in [2.45, 2.75) is 19.0 Å². The number of urea groups is 1. The van der Waals surface area contributed by atoms with Gasteiger partial charge in [0.15, 0.2) is 0 Å². The summed E-state index contributed by atoms with van der Waals surface area (Å²) in [5, 5.41) is 15.1. The zero-order valence-corrected chi connectivity index (χ0v) is 13.9. The van der Waals surface area contributed by atoms with E-state index in [1.54, 1.807) is 0 Å². The summed E-state index contributed by atoms with van der Waals surface area (Å²) in [5.74, 6) is 0. The number of aromatic nitrogens is 2. The molecule has 1 unspecified atom stereocenters. The van der Waals surface area contributed by atoms with E-state index in [4.69, 9.17) is 0 Å². The van der Waals surface area contributed by atoms with Crippen LogP contribution in [0.15, 0.2) is 60.9 Å². The molecule has 2 aromatic carbocycles. The van der Waals surface area contributed by atoms with Gasteiger partial charge in [0.25, 0.3) is 0 Å². The molecular formula is C19H22N4O2. The molecule has 0 aliphatic carbocycles. The van der Waals surface area contributed by atoms with Crippen LogP contribution >= 0.6 is 0 Å². The van der Waals surface area contributed by atoms with Crippen LogP contribution in [0.25, 0.3) is 11.0 Å². The fourth-order valence-electron chi connectivity index (χ4n) is 2.77. The average Bonchev–Trinajstić information content (AvgIpc) is 3.07. The Morgan fingerprint density at radius 1 is 1.12 bits per heavy atom. The quantitative estimate of drug-likeness (QED) is 0.579. The number of carbonyl (C=O) groups excluding carboxylic acids is 1. The number of nitrogens with one attached hydrogen (secondary N) is 2. The molecule has 3 N–H and O–H groups in total. The zero-order valence-electron chi connectivity index (χ0n) is 13.9. The van der Waals surface area contributed by atoms with Crippen molar-refractivity contribution >= 4 is 17.1 Å². The topological polar surface area (TPSA) is 79.2 Å². The molecule has 3 rings (SSSR count). The number of aliphatic hydroxyl groups is 1. The van der Waals surface area contributed by atoms with Crippen LogP contribution in [0.4, 0.5) is 4.79 Å². The summed E-state index contributed by atoms with van der Waals surface area (Å²) in [6, 6.07) is 16.7. The summed E-state index contributed by atoms with van der Waals surface area (Å²) in [7, 11) is 0. The number of carbonyl (C=O) groups is 1. The Kier molecular flexibility index (Phi) is 5.64. The monoisotopic (exact) mass is 338 g/mol. The molecule has 0 aliphatic rings. The summed E-state index contributed by atoms with van der Waals surface area (Å²) in [6.07, 6.45) is 2.62. The number of fused-ring (bicyclic) bond motifs is 1. The maximum absolute atomic E-state index is 12.0. The number of aryl methyl sites for hydroxylation is 1. The van der Waals surface area contributed by atoms with Crippen LogP contribution in [-0.4, -0.2) is 33.8 Å². The zero-order chi connectivity index (χ0) is 17.5. The molecule has 0 saturated carbocycles. The predicted molar refractivity (Wildman–Crippen MR) is 97.2 cm³/mol. The van der Waals surface area contributed by atoms with E-state index >= 15 is 0 Å². The Balaban J connectivity index is 1.45. The number of para-hydroxylation sites is 2. The molecule has 6 nitrogen and oxygen atoms in total. The van der Waals surface area contributed by atoms with E-state index < -0.39 is 6.04 Å². The molecule has 1 aromatic heterocycles. The van der Waals surface area contributed by atoms with Crippen molar-refractivity contribution in [1.29, 1.82) is 0 Å². The first-order valence-corrected chi connectivity index (χ1v) is 8.38. The molecule has 1 atom stereocenters. The normalized spacial score (nSPS) is 12.0. The third kappa shape index (κ3) is 4.36. The molecular weight excluding hydrogens is 316 g/mol. The third-order valence-electron chi connectivity index (χ3n) is 4.08. The lowest BCUT2D eigenvalue weighted by Gasteiger charge is -2.17. The number of hydrogen-bond acceptors (Lipinski definition) is 3. The Bertz CT molecular complexity index is 816. The number of imidazole rings is 1. The molecule has 3 aromatic rings. The predicted octanol–water partition coefficient (Wildman–Crippen LogP) is 2.46. The van der Waals surface area contributed by atoms with Crippen molar-refractivity contribution in [3.8, 4) is 0 Å². The van der Waals surface area contributed by atoms with E-state index in [0.717, 1.165) is 29.6 Å². The van der Waals surface area contributed by atoms with E-state index in [9.17, 15) is 9.90 Å². The number of nitrogens with zero attached hydrogens (tertiary/aromatic N) is 2. The molecule has 6 heteroatoms. The first-order chi connectivity index (χ1) is 12.3. The maximum atomic E-state index is 12.0. The highest BCUT2D eigenvalue weighted by molar-refractivity contribution is 5.75. The average molecular weight is 338 g/mol. The van der Waals surface area contributed by atoms with Crippen molar-refractivity contribution in [2.75, 3.05) is 13.2 Å². The lowest BCUT2D eigenvalue weighted by molar-refractivity contribution is 0.217. The fourth-order valence-corrected chi connectivity index (χ4v) is 2.77. The molecule has 0 saturated heterocycles. The van der Waals surface area contributed by atoms with Gasteiger partial charge in [0.1, 0.15) is 0 Å². The van der Waals surface area contributed by atoms with Gasteiger partial charge < -0.3 is 20.3 Å². The van der Waals surface area contributed by atoms with Crippen LogP contribution < -0.4 is 10.6 Å². The van der Waals surface area contributed by atoms with Crippen LogP contribution in [0.5, 0.6) is 0 Å². The molecule has 0 aliphatic heterocycles. The lowest BCUT2D eigenvalue weighted by Crippen LogP contribution is -2.39. The Labute approximate surface area is 146 Å². The van der Waals surface area contributed by atoms with Crippen LogP contribution in [-0.2, 0) is 6.54 Å². The SMILES string of the molecule is O=C(NCCCn1cnc2ccccc21)NC(CO)c1ccccc1. The van der Waals surface area contributed by atoms with Gasteiger partial charge in [-0.1, -0.05) is 42.5 Å². The minimum absolute atomic E-state index is 0.140. The largest absolute Gasteiger partial charge is 0.394 e. The standard InChI is InChI=1S/C19H22N4O2/c24-13-17(15-7-2-1-3-8-15)22-19(25)20-11-6-12-23-14-21-16-9-4-5-10-18(16)23/h1-5,7-10,14,17,24H,6,11-13H2,(H2,20,22,25). The number of hydrogen-bond donors (Lipinski definition) is 3. The molecule has 0 fully saturated rings. The van der Waals surface area contributed by atoms with E-state index in [1.165, 1.54) is 0 Å². The van der Waals surface area contributed by atoms with Crippen LogP contribution in [0, 0.1) is 0 Å². The van der Waals surface area contributed by atoms with Crippen molar-refractivity contribution in [1.82, 2.24) is 20.2 Å². The number of benzene rings is 2. The van der Waals surface area contributed by atoms with Crippen LogP contribution in [0.3, 0.4) is 0 Å². The summed E-state index contributed by atoms with van der Waals surface area (Å²) < 4.78 is 2.08. The van der Waals surface area contributed by atoms with E-state index in [-0.39, 0.29) is 12.6 Å². The van der Waals surface area contributed by atoms with E-state index in [1.807, 2.05) is 60.9 Å². The van der Waals surface area contributed by atoms with Gasteiger partial charge >= 0.3 is 6.03 Å². The van der Waals surface area contributed by atoms with Crippen LogP contribution in [0.1, 0.15) is 18.0 Å². The number of aliphatic hydroxyl groups excluding tert-OH is 1. The highest BCUT2D eigenvalue weighted by Gasteiger charge is 2.12. The minimum Gasteiger partial charge on any atom is -0.394 e. The minimum atomic E-state index is -0.404. The molecule has 0 bridgehead atoms. The first-order valence-electron chi connectivity index (χ1n) is 8.38. The summed E-state index contributed by atoms with van der Waals surface area (Å²) >= 11 is 0. The van der Waals surface area contributed by atoms with Gasteiger partial charge in [-0.25, -0.2) is 9.78 Å². The van der Waals surface area contributed by atoms with Crippen molar-refractivity contribution in [2.24, 2.45) is 0 Å². The van der Waals surface area contributed by atoms with Gasteiger partial charge in [-0.05, 0) is 24.1 Å². The van der Waals surface area contributed by atoms with E-state index in [0.29, 0.717) is 6.54 Å². The number of rotatable bonds is 7. The molecule has 0 spiro atoms. The second-order valence-corrected chi connectivity index (χ2v) is 5.83. The molecule has 25 heavy (non-hydrogen) atoms. The Hall–Kier alpha value is -2.86. The smallest absolute Gasteiger partial charge is 0.315 e. The second-order valence-electron chi connectivity index (χ2n) is 5.83. The first kappa shape index (κ1) is 17.0. The summed E-state index contributed by atoms with van der Waals surface area (Å²) in [5.41, 5.74) is 2.95. The van der Waals surface area contributed by atoms with E-state index in [2.05, 4.69) is 20.2 Å². The van der Waals surface area contributed by atoms with Gasteiger partial charge in [0.2, 0.25) is 0 Å². The molecule has 1 heterocycles. The van der Waals surface area contributed by atoms with Gasteiger partial charge in [-0.15, -0.1) is 0 Å². The van der Waals surface area contributed by atoms with Crippen molar-refractivity contribution in [3.05, 3.63) is 66.5 Å². The fraction of sp³-hybridized carbons (Fsp3) is 0.263. The Morgan fingerprint density at radius 2 is 1.88 bits per heavy atom. The highest BCUT2D eigenvalue weighted by atomic mass is 16.3. The molecule has 0 radical (unpaired) electrons. The number of amides is 2. The third-order valence-corrected chi connectivity index (χ3v) is 4.08. The summed E-state index contributed by atoms with van der Waals surface area (Å²) in [6.45, 7) is 1.19. The van der Waals surface area contributed by atoms with Gasteiger partial charge in [-0.3, -0.25) is 0 Å².